The van der Waals surface area contributed by atoms with E-state index in [0.717, 1.165) is 4.90 Å². The molecule has 2 atom stereocenters. The number of carbonyl (C=O) groups excluding carboxylic acids is 2. The van der Waals surface area contributed by atoms with Crippen molar-refractivity contribution < 1.29 is 22.7 Å². The van der Waals surface area contributed by atoms with Gasteiger partial charge in [-0.25, -0.2) is 8.42 Å². The first kappa shape index (κ1) is 21.1. The summed E-state index contributed by atoms with van der Waals surface area (Å²) in [5.74, 6) is -0.262. The van der Waals surface area contributed by atoms with Crippen LogP contribution in [-0.2, 0) is 24.2 Å². The lowest BCUT2D eigenvalue weighted by Crippen LogP contribution is -2.44. The van der Waals surface area contributed by atoms with Gasteiger partial charge in [-0.3, -0.25) is 9.59 Å². The molecular formula is C17H22ClNO5S2. The molecule has 1 aromatic carbocycles. The fourth-order valence-electron chi connectivity index (χ4n) is 2.64. The van der Waals surface area contributed by atoms with E-state index in [1.54, 1.807) is 19.2 Å². The average Bonchev–Trinajstić information content (AvgIpc) is 2.95. The third-order valence-electron chi connectivity index (χ3n) is 4.15. The van der Waals surface area contributed by atoms with Crippen LogP contribution in [0.5, 0.6) is 0 Å². The summed E-state index contributed by atoms with van der Waals surface area (Å²) in [6.45, 7) is 1.51. The Bertz CT molecular complexity index is 751. The van der Waals surface area contributed by atoms with Crippen molar-refractivity contribution in [1.82, 2.24) is 4.90 Å². The van der Waals surface area contributed by atoms with Crippen LogP contribution in [0.4, 0.5) is 0 Å². The summed E-state index contributed by atoms with van der Waals surface area (Å²) in [5.41, 5.74) is 0. The average molecular weight is 420 g/mol. The SMILES string of the molecule is C[C@@H](OC(=O)CCSc1ccc(Cl)cc1)C(=O)N(C)[C@@H]1CCS(=O)(=O)C1. The predicted octanol–water partition coefficient (Wildman–Crippen LogP) is 2.40. The molecule has 0 aromatic heterocycles. The van der Waals surface area contributed by atoms with Crippen molar-refractivity contribution in [3.63, 3.8) is 0 Å². The molecule has 9 heteroatoms. The third-order valence-corrected chi connectivity index (χ3v) is 7.16. The van der Waals surface area contributed by atoms with E-state index in [0.29, 0.717) is 17.2 Å². The summed E-state index contributed by atoms with van der Waals surface area (Å²) in [7, 11) is -1.53. The molecule has 144 valence electrons. The zero-order valence-electron chi connectivity index (χ0n) is 14.7. The number of likely N-dealkylation sites (N-methyl/N-ethyl adjacent to an activating group) is 1. The summed E-state index contributed by atoms with van der Waals surface area (Å²) in [5, 5.41) is 0.653. The molecule has 2 rings (SSSR count). The van der Waals surface area contributed by atoms with Gasteiger partial charge in [0.2, 0.25) is 0 Å². The van der Waals surface area contributed by atoms with Crippen molar-refractivity contribution >= 4 is 45.1 Å². The molecule has 0 unspecified atom stereocenters. The maximum atomic E-state index is 12.3. The van der Waals surface area contributed by atoms with Gasteiger partial charge in [0.05, 0.1) is 17.9 Å². The first-order valence-corrected chi connectivity index (χ1v) is 11.4. The Balaban J connectivity index is 1.75. The molecule has 0 bridgehead atoms. The summed E-state index contributed by atoms with van der Waals surface area (Å²) in [4.78, 5) is 26.6. The summed E-state index contributed by atoms with van der Waals surface area (Å²) in [6.07, 6.45) is -0.341. The molecule has 0 N–H and O–H groups in total. The van der Waals surface area contributed by atoms with Crippen LogP contribution in [0.2, 0.25) is 5.02 Å². The van der Waals surface area contributed by atoms with Crippen molar-refractivity contribution in [3.8, 4) is 0 Å². The fraction of sp³-hybridized carbons (Fsp3) is 0.529. The van der Waals surface area contributed by atoms with Crippen LogP contribution in [-0.4, -0.2) is 61.6 Å². The van der Waals surface area contributed by atoms with Crippen LogP contribution >= 0.6 is 23.4 Å². The van der Waals surface area contributed by atoms with E-state index in [2.05, 4.69) is 0 Å². The second-order valence-corrected chi connectivity index (χ2v) is 10.0. The Kier molecular flexibility index (Phi) is 7.37. The molecule has 6 nitrogen and oxygen atoms in total. The van der Waals surface area contributed by atoms with Crippen molar-refractivity contribution in [2.45, 2.75) is 36.8 Å². The number of hydrogen-bond donors (Lipinski definition) is 0. The zero-order valence-corrected chi connectivity index (χ0v) is 17.1. The number of halogens is 1. The van der Waals surface area contributed by atoms with Gasteiger partial charge < -0.3 is 9.64 Å². The van der Waals surface area contributed by atoms with E-state index in [4.69, 9.17) is 16.3 Å². The fourth-order valence-corrected chi connectivity index (χ4v) is 5.37. The van der Waals surface area contributed by atoms with E-state index in [1.807, 2.05) is 12.1 Å². The highest BCUT2D eigenvalue weighted by Crippen LogP contribution is 2.21. The summed E-state index contributed by atoms with van der Waals surface area (Å²) < 4.78 is 28.3. The zero-order chi connectivity index (χ0) is 19.3. The van der Waals surface area contributed by atoms with E-state index in [-0.39, 0.29) is 29.9 Å². The lowest BCUT2D eigenvalue weighted by Gasteiger charge is -2.26. The Hall–Kier alpha value is -1.25. The van der Waals surface area contributed by atoms with Gasteiger partial charge in [-0.1, -0.05) is 11.6 Å². The molecule has 0 aliphatic carbocycles. The highest BCUT2D eigenvalue weighted by Gasteiger charge is 2.34. The van der Waals surface area contributed by atoms with Gasteiger partial charge >= 0.3 is 5.97 Å². The number of esters is 1. The minimum absolute atomic E-state index is 0.0341. The standard InChI is InChI=1S/C17H22ClNO5S2/c1-12(17(21)19(2)14-8-10-26(22,23)11-14)24-16(20)7-9-25-15-5-3-13(18)4-6-15/h3-6,12,14H,7-11H2,1-2H3/t12-,14-/m1/s1. The molecule has 1 aromatic rings. The number of rotatable bonds is 7. The van der Waals surface area contributed by atoms with Crippen molar-refractivity contribution in [2.24, 2.45) is 0 Å². The lowest BCUT2D eigenvalue weighted by atomic mass is 10.2. The van der Waals surface area contributed by atoms with Crippen LogP contribution in [0.15, 0.2) is 29.2 Å². The molecular weight excluding hydrogens is 398 g/mol. The second kappa shape index (κ2) is 9.10. The molecule has 1 heterocycles. The number of thioether (sulfide) groups is 1. The second-order valence-electron chi connectivity index (χ2n) is 6.19. The van der Waals surface area contributed by atoms with Gasteiger partial charge in [-0.2, -0.15) is 0 Å². The van der Waals surface area contributed by atoms with Crippen molar-refractivity contribution in [2.75, 3.05) is 24.3 Å². The highest BCUT2D eigenvalue weighted by molar-refractivity contribution is 7.99. The number of hydrogen-bond acceptors (Lipinski definition) is 6. The quantitative estimate of drug-likeness (QED) is 0.498. The van der Waals surface area contributed by atoms with Gasteiger partial charge in [-0.05, 0) is 37.6 Å². The molecule has 0 radical (unpaired) electrons. The molecule has 26 heavy (non-hydrogen) atoms. The summed E-state index contributed by atoms with van der Waals surface area (Å²) >= 11 is 7.32. The van der Waals surface area contributed by atoms with Crippen molar-refractivity contribution in [1.29, 1.82) is 0 Å². The molecule has 0 saturated carbocycles. The number of benzene rings is 1. The van der Waals surface area contributed by atoms with Gasteiger partial charge in [0.25, 0.3) is 5.91 Å². The van der Waals surface area contributed by atoms with E-state index >= 15 is 0 Å². The van der Waals surface area contributed by atoms with E-state index < -0.39 is 21.9 Å². The Morgan fingerprint density at radius 3 is 2.58 bits per heavy atom. The topological polar surface area (TPSA) is 80.8 Å². The molecule has 1 aliphatic rings. The number of carbonyl (C=O) groups is 2. The Morgan fingerprint density at radius 2 is 2.00 bits per heavy atom. The van der Waals surface area contributed by atoms with Crippen LogP contribution < -0.4 is 0 Å². The van der Waals surface area contributed by atoms with Gasteiger partial charge in [0, 0.05) is 28.8 Å². The number of nitrogens with zero attached hydrogens (tertiary/aromatic N) is 1. The predicted molar refractivity (Wildman–Crippen MR) is 102 cm³/mol. The van der Waals surface area contributed by atoms with Crippen LogP contribution in [0.1, 0.15) is 19.8 Å². The first-order chi connectivity index (χ1) is 12.2. The minimum atomic E-state index is -3.08. The lowest BCUT2D eigenvalue weighted by molar-refractivity contribution is -0.158. The van der Waals surface area contributed by atoms with Crippen molar-refractivity contribution in [3.05, 3.63) is 29.3 Å². The Morgan fingerprint density at radius 1 is 1.35 bits per heavy atom. The monoisotopic (exact) mass is 419 g/mol. The van der Waals surface area contributed by atoms with E-state index in [9.17, 15) is 18.0 Å². The van der Waals surface area contributed by atoms with Crippen LogP contribution in [0.3, 0.4) is 0 Å². The minimum Gasteiger partial charge on any atom is -0.453 e. The largest absolute Gasteiger partial charge is 0.453 e. The Labute approximate surface area is 163 Å². The third kappa shape index (κ3) is 6.17. The van der Waals surface area contributed by atoms with E-state index in [1.165, 1.54) is 23.6 Å². The maximum absolute atomic E-state index is 12.3. The molecule has 1 fully saturated rings. The van der Waals surface area contributed by atoms with Gasteiger partial charge in [0.1, 0.15) is 0 Å². The van der Waals surface area contributed by atoms with Gasteiger partial charge in [0.15, 0.2) is 15.9 Å². The molecule has 1 aliphatic heterocycles. The number of sulfone groups is 1. The normalized spacial score (nSPS) is 19.7. The highest BCUT2D eigenvalue weighted by atomic mass is 35.5. The molecule has 1 saturated heterocycles. The first-order valence-electron chi connectivity index (χ1n) is 8.23. The molecule has 0 spiro atoms. The summed E-state index contributed by atoms with van der Waals surface area (Å²) in [6, 6.07) is 6.95. The maximum Gasteiger partial charge on any atom is 0.307 e. The van der Waals surface area contributed by atoms with Gasteiger partial charge in [-0.15, -0.1) is 11.8 Å². The van der Waals surface area contributed by atoms with Crippen LogP contribution in [0, 0.1) is 0 Å². The number of ether oxygens (including phenoxy) is 1. The smallest absolute Gasteiger partial charge is 0.307 e. The van der Waals surface area contributed by atoms with Crippen LogP contribution in [0.25, 0.3) is 0 Å². The number of amides is 1. The molecule has 1 amide bonds.